The topological polar surface area (TPSA) is 34.0 Å². The summed E-state index contributed by atoms with van der Waals surface area (Å²) in [5, 5.41) is 3.43. The number of fused-ring (bicyclic) bond motifs is 7. The minimum Gasteiger partial charge on any atom is -0.319 e. The van der Waals surface area contributed by atoms with Crippen molar-refractivity contribution in [2.45, 2.75) is 0 Å². The highest BCUT2D eigenvalue weighted by Crippen LogP contribution is 2.45. The maximum atomic E-state index is 5.18. The van der Waals surface area contributed by atoms with Crippen LogP contribution in [0.1, 0.15) is 0 Å². The Labute approximate surface area is 247 Å². The van der Waals surface area contributed by atoms with Crippen molar-refractivity contribution in [2.75, 3.05) is 4.90 Å². The van der Waals surface area contributed by atoms with Crippen molar-refractivity contribution >= 4 is 83.1 Å². The SMILES string of the molecule is c1ccc(B2c3sc4ccccc4c3N(c3ncc4ccccc4n3)c3c2n(-c2ccccc2)c2ccccc32)cc1. The molecule has 0 amide bonds. The number of thiophene rings is 1. The van der Waals surface area contributed by atoms with Crippen LogP contribution in [0.15, 0.2) is 140 Å². The molecule has 3 aromatic heterocycles. The largest absolute Gasteiger partial charge is 0.319 e. The number of aromatic nitrogens is 3. The number of anilines is 3. The van der Waals surface area contributed by atoms with Crippen LogP contribution in [0.4, 0.5) is 17.3 Å². The predicted molar refractivity (Wildman–Crippen MR) is 178 cm³/mol. The molecule has 1 aliphatic rings. The summed E-state index contributed by atoms with van der Waals surface area (Å²) in [4.78, 5) is 12.5. The zero-order chi connectivity index (χ0) is 27.6. The van der Waals surface area contributed by atoms with Crippen LogP contribution < -0.4 is 20.7 Å². The van der Waals surface area contributed by atoms with Crippen molar-refractivity contribution in [2.24, 2.45) is 0 Å². The summed E-state index contributed by atoms with van der Waals surface area (Å²) in [7, 11) is 0. The van der Waals surface area contributed by atoms with E-state index in [1.54, 1.807) is 0 Å². The minimum atomic E-state index is 0.0258. The van der Waals surface area contributed by atoms with Gasteiger partial charge in [-0.3, -0.25) is 4.90 Å². The van der Waals surface area contributed by atoms with E-state index >= 15 is 0 Å². The first-order valence-corrected chi connectivity index (χ1v) is 15.0. The number of para-hydroxylation sites is 3. The fourth-order valence-corrected chi connectivity index (χ4v) is 7.86. The first kappa shape index (κ1) is 23.5. The van der Waals surface area contributed by atoms with E-state index in [4.69, 9.17) is 9.97 Å². The molecular weight excluding hydrogens is 531 g/mol. The number of hydrogen-bond acceptors (Lipinski definition) is 4. The fourth-order valence-electron chi connectivity index (χ4n) is 6.54. The Hall–Kier alpha value is -5.20. The van der Waals surface area contributed by atoms with Gasteiger partial charge in [0.2, 0.25) is 5.95 Å². The molecule has 0 fully saturated rings. The summed E-state index contributed by atoms with van der Waals surface area (Å²) < 4.78 is 5.01. The number of hydrogen-bond donors (Lipinski definition) is 0. The lowest BCUT2D eigenvalue weighted by atomic mass is 9.40. The Morgan fingerprint density at radius 2 is 1.31 bits per heavy atom. The predicted octanol–water partition coefficient (Wildman–Crippen LogP) is 7.09. The monoisotopic (exact) mass is 554 g/mol. The van der Waals surface area contributed by atoms with E-state index in [-0.39, 0.29) is 6.71 Å². The molecule has 8 aromatic rings. The average Bonchev–Trinajstić information content (AvgIpc) is 3.60. The molecule has 0 spiro atoms. The van der Waals surface area contributed by atoms with Crippen molar-refractivity contribution in [1.82, 2.24) is 14.5 Å². The minimum absolute atomic E-state index is 0.0258. The van der Waals surface area contributed by atoms with Gasteiger partial charge < -0.3 is 4.57 Å². The summed E-state index contributed by atoms with van der Waals surface area (Å²) in [6.45, 7) is 0.0258. The fraction of sp³-hybridized carbons (Fsp3) is 0. The Kier molecular flexibility index (Phi) is 5.13. The molecule has 4 nitrogen and oxygen atoms in total. The smallest absolute Gasteiger partial charge is 0.280 e. The van der Waals surface area contributed by atoms with Crippen LogP contribution in [0.5, 0.6) is 0 Å². The summed E-state index contributed by atoms with van der Waals surface area (Å²) >= 11 is 1.87. The quantitative estimate of drug-likeness (QED) is 0.219. The third-order valence-electron chi connectivity index (χ3n) is 8.29. The van der Waals surface area contributed by atoms with Crippen LogP contribution in [-0.4, -0.2) is 21.2 Å². The van der Waals surface area contributed by atoms with Crippen molar-refractivity contribution in [1.29, 1.82) is 0 Å². The Bertz CT molecular complexity index is 2270. The normalized spacial score (nSPS) is 12.7. The van der Waals surface area contributed by atoms with Gasteiger partial charge in [0.15, 0.2) is 0 Å². The number of nitrogens with zero attached hydrogens (tertiary/aromatic N) is 4. The van der Waals surface area contributed by atoms with Crippen molar-refractivity contribution in [3.8, 4) is 5.69 Å². The highest BCUT2D eigenvalue weighted by Gasteiger charge is 2.43. The highest BCUT2D eigenvalue weighted by molar-refractivity contribution is 7.33. The second kappa shape index (κ2) is 9.16. The molecule has 0 N–H and O–H groups in total. The first-order valence-electron chi connectivity index (χ1n) is 14.1. The maximum Gasteiger partial charge on any atom is 0.280 e. The standard InChI is InChI=1S/C36H23BN4S/c1-3-14-25(15-4-1)37-34-32(27-18-8-11-21-30(27)40(34)26-16-5-2-6-17-26)41(33-28-19-9-12-22-31(28)42-35(33)37)36-38-23-24-13-7-10-20-29(24)39-36/h1-23H. The Morgan fingerprint density at radius 1 is 0.619 bits per heavy atom. The van der Waals surface area contributed by atoms with Crippen LogP contribution >= 0.6 is 11.3 Å². The van der Waals surface area contributed by atoms with Gasteiger partial charge in [-0.15, -0.1) is 11.3 Å². The third kappa shape index (κ3) is 3.36. The van der Waals surface area contributed by atoms with E-state index in [9.17, 15) is 0 Å². The van der Waals surface area contributed by atoms with Crippen molar-refractivity contribution < 1.29 is 0 Å². The van der Waals surface area contributed by atoms with E-state index in [0.29, 0.717) is 5.95 Å². The van der Waals surface area contributed by atoms with Gasteiger partial charge in [0.05, 0.1) is 22.4 Å². The summed E-state index contributed by atoms with van der Waals surface area (Å²) in [6.07, 6.45) is 1.95. The van der Waals surface area contributed by atoms with Crippen LogP contribution in [-0.2, 0) is 0 Å². The summed E-state index contributed by atoms with van der Waals surface area (Å²) in [5.74, 6) is 0.683. The zero-order valence-corrected chi connectivity index (χ0v) is 23.4. The van der Waals surface area contributed by atoms with E-state index < -0.39 is 0 Å². The van der Waals surface area contributed by atoms with Gasteiger partial charge in [-0.05, 0) is 30.3 Å². The van der Waals surface area contributed by atoms with Gasteiger partial charge in [0.25, 0.3) is 6.71 Å². The van der Waals surface area contributed by atoms with Gasteiger partial charge in [-0.2, -0.15) is 0 Å². The van der Waals surface area contributed by atoms with E-state index in [1.165, 1.54) is 42.5 Å². The molecule has 42 heavy (non-hydrogen) atoms. The lowest BCUT2D eigenvalue weighted by Crippen LogP contribution is -2.58. The third-order valence-corrected chi connectivity index (χ3v) is 9.51. The molecule has 0 aliphatic carbocycles. The molecular formula is C36H23BN4S. The van der Waals surface area contributed by atoms with E-state index in [2.05, 4.69) is 131 Å². The van der Waals surface area contributed by atoms with Crippen molar-refractivity contribution in [3.63, 3.8) is 0 Å². The van der Waals surface area contributed by atoms with E-state index in [1.807, 2.05) is 29.7 Å². The second-order valence-corrected chi connectivity index (χ2v) is 11.7. The van der Waals surface area contributed by atoms with Gasteiger partial charge in [0.1, 0.15) is 0 Å². The maximum absolute atomic E-state index is 5.18. The molecule has 0 atom stereocenters. The summed E-state index contributed by atoms with van der Waals surface area (Å²) in [6, 6.07) is 47.3. The van der Waals surface area contributed by atoms with Crippen LogP contribution in [0, 0.1) is 0 Å². The van der Waals surface area contributed by atoms with Gasteiger partial charge in [0, 0.05) is 43.1 Å². The molecule has 6 heteroatoms. The molecule has 0 saturated carbocycles. The van der Waals surface area contributed by atoms with Crippen molar-refractivity contribution in [3.05, 3.63) is 140 Å². The molecule has 0 saturated heterocycles. The average molecular weight is 554 g/mol. The van der Waals surface area contributed by atoms with Crippen LogP contribution in [0.3, 0.4) is 0 Å². The molecule has 9 rings (SSSR count). The summed E-state index contributed by atoms with van der Waals surface area (Å²) in [5.41, 5.74) is 8.04. The number of benzene rings is 5. The molecule has 196 valence electrons. The number of rotatable bonds is 3. The van der Waals surface area contributed by atoms with Gasteiger partial charge >= 0.3 is 0 Å². The Morgan fingerprint density at radius 3 is 2.17 bits per heavy atom. The zero-order valence-electron chi connectivity index (χ0n) is 22.6. The lowest BCUT2D eigenvalue weighted by molar-refractivity contribution is 1.11. The highest BCUT2D eigenvalue weighted by atomic mass is 32.1. The Balaban J connectivity index is 1.48. The second-order valence-electron chi connectivity index (χ2n) is 10.6. The van der Waals surface area contributed by atoms with E-state index in [0.717, 1.165) is 22.3 Å². The van der Waals surface area contributed by atoms with Crippen LogP contribution in [0.25, 0.3) is 37.6 Å². The molecule has 0 radical (unpaired) electrons. The molecule has 5 aromatic carbocycles. The molecule has 0 bridgehead atoms. The first-order chi connectivity index (χ1) is 20.9. The molecule has 1 aliphatic heterocycles. The van der Waals surface area contributed by atoms with Crippen LogP contribution in [0.2, 0.25) is 0 Å². The van der Waals surface area contributed by atoms with Gasteiger partial charge in [-0.25, -0.2) is 9.97 Å². The van der Waals surface area contributed by atoms with Gasteiger partial charge in [-0.1, -0.05) is 109 Å². The lowest BCUT2D eigenvalue weighted by Gasteiger charge is -2.33. The molecule has 4 heterocycles. The molecule has 0 unspecified atom stereocenters.